The summed E-state index contributed by atoms with van der Waals surface area (Å²) in [6, 6.07) is 83.9. The van der Waals surface area contributed by atoms with Gasteiger partial charge >= 0.3 is 0 Å². The van der Waals surface area contributed by atoms with Crippen LogP contribution >= 0.6 is 0 Å². The van der Waals surface area contributed by atoms with Crippen molar-refractivity contribution in [2.45, 2.75) is 31.6 Å². The first-order valence-electron chi connectivity index (χ1n) is 22.8. The number of hydrogen-bond donors (Lipinski definition) is 0. The lowest BCUT2D eigenvalue weighted by Gasteiger charge is -2.29. The molecule has 11 rings (SSSR count). The molecule has 1 unspecified atom stereocenters. The predicted molar refractivity (Wildman–Crippen MR) is 275 cm³/mol. The van der Waals surface area contributed by atoms with Gasteiger partial charge in [0.2, 0.25) is 0 Å². The summed E-state index contributed by atoms with van der Waals surface area (Å²) >= 11 is 0. The van der Waals surface area contributed by atoms with E-state index in [0.717, 1.165) is 40.5 Å². The lowest BCUT2D eigenvalue weighted by Crippen LogP contribution is -2.17. The average Bonchev–Trinajstić information content (AvgIpc) is 3.60. The van der Waals surface area contributed by atoms with Gasteiger partial charge in [-0.3, -0.25) is 0 Å². The lowest BCUT2D eigenvalue weighted by molar-refractivity contribution is 0.660. The van der Waals surface area contributed by atoms with Crippen LogP contribution in [0.3, 0.4) is 0 Å². The highest BCUT2D eigenvalue weighted by Gasteiger charge is 2.37. The second kappa shape index (κ2) is 17.0. The normalized spacial score (nSPS) is 14.6. The molecule has 2 aliphatic carbocycles. The van der Waals surface area contributed by atoms with Crippen LogP contribution in [0, 0.1) is 0 Å². The third-order valence-corrected chi connectivity index (χ3v) is 13.4. The molecule has 65 heavy (non-hydrogen) atoms. The first kappa shape index (κ1) is 39.9. The van der Waals surface area contributed by atoms with E-state index >= 15 is 0 Å². The van der Waals surface area contributed by atoms with E-state index in [0.29, 0.717) is 5.92 Å². The fraction of sp³-hybridized carbons (Fsp3) is 0.0794. The van der Waals surface area contributed by atoms with E-state index in [2.05, 4.69) is 272 Å². The fourth-order valence-electron chi connectivity index (χ4n) is 9.91. The lowest BCUT2D eigenvalue weighted by atomic mass is 9.82. The number of anilines is 6. The van der Waals surface area contributed by atoms with Crippen molar-refractivity contribution >= 4 is 39.7 Å². The quantitative estimate of drug-likeness (QED) is 0.135. The second-order valence-corrected chi connectivity index (χ2v) is 17.7. The van der Waals surface area contributed by atoms with Crippen molar-refractivity contribution in [3.8, 4) is 33.4 Å². The van der Waals surface area contributed by atoms with Gasteiger partial charge in [-0.2, -0.15) is 0 Å². The molecule has 0 radical (unpaired) electrons. The first-order chi connectivity index (χ1) is 32.0. The SMILES string of the molecule is CC1(C)c2cc(N(c3ccccc3)c3ccc(C4=CCC(c5ccccc5)C=C4)cc3)ccc2-c2ccc(N(c3ccccc3)c3ccc(-c4ccc(-c5ccccc5)cc4)cc3)cc21. The maximum Gasteiger partial charge on any atom is 0.0465 e. The minimum absolute atomic E-state index is 0.238. The van der Waals surface area contributed by atoms with E-state index in [-0.39, 0.29) is 5.41 Å². The van der Waals surface area contributed by atoms with Crippen LogP contribution in [-0.4, -0.2) is 0 Å². The van der Waals surface area contributed by atoms with E-state index in [9.17, 15) is 0 Å². The van der Waals surface area contributed by atoms with Gasteiger partial charge < -0.3 is 9.80 Å². The molecule has 0 aromatic heterocycles. The number of nitrogens with zero attached hydrogens (tertiary/aromatic N) is 2. The van der Waals surface area contributed by atoms with Crippen molar-refractivity contribution in [1.82, 2.24) is 0 Å². The minimum Gasteiger partial charge on any atom is -0.310 e. The van der Waals surface area contributed by atoms with E-state index in [4.69, 9.17) is 0 Å². The van der Waals surface area contributed by atoms with Gasteiger partial charge in [0.1, 0.15) is 0 Å². The third kappa shape index (κ3) is 7.68. The predicted octanol–water partition coefficient (Wildman–Crippen LogP) is 17.4. The number of allylic oxidation sites excluding steroid dienone is 4. The molecular formula is C63H50N2. The van der Waals surface area contributed by atoms with Crippen molar-refractivity contribution in [3.63, 3.8) is 0 Å². The molecule has 0 aliphatic heterocycles. The maximum absolute atomic E-state index is 2.42. The molecule has 1 atom stereocenters. The Hall–Kier alpha value is -7.94. The molecule has 0 spiro atoms. The van der Waals surface area contributed by atoms with E-state index in [1.165, 1.54) is 61.2 Å². The molecule has 0 N–H and O–H groups in total. The zero-order valence-electron chi connectivity index (χ0n) is 36.9. The van der Waals surface area contributed by atoms with Crippen LogP contribution in [0.25, 0.3) is 39.0 Å². The van der Waals surface area contributed by atoms with Gasteiger partial charge in [-0.25, -0.2) is 0 Å². The largest absolute Gasteiger partial charge is 0.310 e. The number of fused-ring (bicyclic) bond motifs is 3. The smallest absolute Gasteiger partial charge is 0.0465 e. The van der Waals surface area contributed by atoms with Gasteiger partial charge in [0.05, 0.1) is 0 Å². The van der Waals surface area contributed by atoms with Crippen LogP contribution < -0.4 is 9.80 Å². The van der Waals surface area contributed by atoms with Crippen molar-refractivity contribution in [2.75, 3.05) is 9.80 Å². The Labute approximate surface area is 383 Å². The van der Waals surface area contributed by atoms with Gasteiger partial charge in [0.25, 0.3) is 0 Å². The van der Waals surface area contributed by atoms with Gasteiger partial charge in [0, 0.05) is 45.5 Å². The Morgan fingerprint density at radius 3 is 1.18 bits per heavy atom. The molecule has 0 bridgehead atoms. The van der Waals surface area contributed by atoms with Crippen molar-refractivity contribution in [1.29, 1.82) is 0 Å². The van der Waals surface area contributed by atoms with Crippen molar-refractivity contribution in [3.05, 3.63) is 271 Å². The summed E-state index contributed by atoms with van der Waals surface area (Å²) in [5.41, 5.74) is 20.5. The molecule has 0 saturated carbocycles. The molecule has 312 valence electrons. The molecule has 0 amide bonds. The van der Waals surface area contributed by atoms with Crippen molar-refractivity contribution < 1.29 is 0 Å². The monoisotopic (exact) mass is 834 g/mol. The second-order valence-electron chi connectivity index (χ2n) is 17.7. The summed E-state index contributed by atoms with van der Waals surface area (Å²) in [6.07, 6.45) is 8.03. The van der Waals surface area contributed by atoms with Gasteiger partial charge in [-0.05, 0) is 140 Å². The topological polar surface area (TPSA) is 6.48 Å². The highest BCUT2D eigenvalue weighted by Crippen LogP contribution is 2.52. The maximum atomic E-state index is 2.42. The molecule has 0 fully saturated rings. The first-order valence-corrected chi connectivity index (χ1v) is 22.8. The van der Waals surface area contributed by atoms with E-state index < -0.39 is 0 Å². The Morgan fingerprint density at radius 2 is 0.738 bits per heavy atom. The molecular weight excluding hydrogens is 785 g/mol. The Bertz CT molecular complexity index is 3150. The van der Waals surface area contributed by atoms with E-state index in [1.807, 2.05) is 0 Å². The van der Waals surface area contributed by atoms with Crippen LogP contribution in [0.4, 0.5) is 34.1 Å². The number of benzene rings is 9. The third-order valence-electron chi connectivity index (χ3n) is 13.4. The molecule has 2 heteroatoms. The minimum atomic E-state index is -0.238. The molecule has 0 heterocycles. The Morgan fingerprint density at radius 1 is 0.369 bits per heavy atom. The van der Waals surface area contributed by atoms with Gasteiger partial charge in [-0.15, -0.1) is 0 Å². The standard InChI is InChI=1S/C63H50N2/c1-63(2)61-43-57(64(53-19-11-5-12-20-53)55-35-31-51(32-36-55)49-27-23-47(24-28-49)45-15-7-3-8-16-45)39-41-59(61)60-42-40-58(44-62(60)63)65(54-21-13-6-14-22-54)56-37-33-52(34-38-56)50-29-25-48(26-30-50)46-17-9-4-10-18-46/h3-25,27-44,48H,26H2,1-2H3. The van der Waals surface area contributed by atoms with Crippen LogP contribution in [-0.2, 0) is 5.41 Å². The van der Waals surface area contributed by atoms with Gasteiger partial charge in [-0.1, -0.05) is 190 Å². The fourth-order valence-corrected chi connectivity index (χ4v) is 9.91. The summed E-state index contributed by atoms with van der Waals surface area (Å²) in [4.78, 5) is 4.78. The number of rotatable bonds is 10. The number of hydrogen-bond acceptors (Lipinski definition) is 2. The van der Waals surface area contributed by atoms with E-state index in [1.54, 1.807) is 0 Å². The zero-order valence-corrected chi connectivity index (χ0v) is 36.9. The Balaban J connectivity index is 0.894. The molecule has 2 nitrogen and oxygen atoms in total. The zero-order chi connectivity index (χ0) is 43.7. The molecule has 9 aromatic carbocycles. The Kier molecular flexibility index (Phi) is 10.4. The summed E-state index contributed by atoms with van der Waals surface area (Å²) < 4.78 is 0. The van der Waals surface area contributed by atoms with Crippen molar-refractivity contribution in [2.24, 2.45) is 0 Å². The molecule has 2 aliphatic rings. The van der Waals surface area contributed by atoms with Crippen LogP contribution in [0.5, 0.6) is 0 Å². The van der Waals surface area contributed by atoms with Crippen LogP contribution in [0.2, 0.25) is 0 Å². The summed E-state index contributed by atoms with van der Waals surface area (Å²) in [5, 5.41) is 0. The summed E-state index contributed by atoms with van der Waals surface area (Å²) in [6.45, 7) is 4.76. The van der Waals surface area contributed by atoms with Crippen LogP contribution in [0.15, 0.2) is 249 Å². The summed E-state index contributed by atoms with van der Waals surface area (Å²) in [7, 11) is 0. The molecule has 0 saturated heterocycles. The van der Waals surface area contributed by atoms with Gasteiger partial charge in [0.15, 0.2) is 0 Å². The number of para-hydroxylation sites is 2. The highest BCUT2D eigenvalue weighted by molar-refractivity contribution is 5.89. The highest BCUT2D eigenvalue weighted by atomic mass is 15.1. The van der Waals surface area contributed by atoms with Crippen LogP contribution in [0.1, 0.15) is 48.4 Å². The average molecular weight is 835 g/mol. The summed E-state index contributed by atoms with van der Waals surface area (Å²) in [5.74, 6) is 0.422. The molecule has 9 aromatic rings.